The van der Waals surface area contributed by atoms with E-state index in [1.807, 2.05) is 24.3 Å². The van der Waals surface area contributed by atoms with E-state index in [1.165, 1.54) is 0 Å². The SMILES string of the molecule is CCCCOCCCNC(=O)c1ccc(NCCC)cc1. The number of unbranched alkanes of at least 4 members (excludes halogenated alkanes) is 1. The highest BCUT2D eigenvalue weighted by atomic mass is 16.5. The Morgan fingerprint density at radius 3 is 2.38 bits per heavy atom. The minimum Gasteiger partial charge on any atom is -0.385 e. The number of amides is 1. The van der Waals surface area contributed by atoms with E-state index in [9.17, 15) is 4.79 Å². The van der Waals surface area contributed by atoms with Crippen LogP contribution in [0.5, 0.6) is 0 Å². The van der Waals surface area contributed by atoms with E-state index in [4.69, 9.17) is 4.74 Å². The van der Waals surface area contributed by atoms with Gasteiger partial charge in [-0.3, -0.25) is 4.79 Å². The number of carbonyl (C=O) groups excluding carboxylic acids is 1. The van der Waals surface area contributed by atoms with E-state index >= 15 is 0 Å². The molecule has 1 aromatic rings. The Labute approximate surface area is 128 Å². The molecule has 1 amide bonds. The van der Waals surface area contributed by atoms with Crippen LogP contribution < -0.4 is 10.6 Å². The van der Waals surface area contributed by atoms with Crippen LogP contribution in [-0.4, -0.2) is 32.2 Å². The maximum atomic E-state index is 11.9. The van der Waals surface area contributed by atoms with Crippen molar-refractivity contribution in [2.75, 3.05) is 31.6 Å². The molecule has 0 heterocycles. The van der Waals surface area contributed by atoms with Crippen LogP contribution in [0.1, 0.15) is 49.9 Å². The average Bonchev–Trinajstić information content (AvgIpc) is 2.52. The lowest BCUT2D eigenvalue weighted by atomic mass is 10.2. The minimum absolute atomic E-state index is 0.0226. The average molecular weight is 292 g/mol. The highest BCUT2D eigenvalue weighted by molar-refractivity contribution is 5.94. The predicted octanol–water partition coefficient (Wildman–Crippen LogP) is 3.45. The molecule has 0 spiro atoms. The highest BCUT2D eigenvalue weighted by Crippen LogP contribution is 2.09. The molecule has 4 nitrogen and oxygen atoms in total. The quantitative estimate of drug-likeness (QED) is 0.614. The van der Waals surface area contributed by atoms with Gasteiger partial charge in [-0.1, -0.05) is 20.3 Å². The van der Waals surface area contributed by atoms with Crippen LogP contribution in [0.25, 0.3) is 0 Å². The van der Waals surface area contributed by atoms with Crippen LogP contribution in [0.2, 0.25) is 0 Å². The van der Waals surface area contributed by atoms with Crippen LogP contribution in [-0.2, 0) is 4.74 Å². The van der Waals surface area contributed by atoms with Gasteiger partial charge in [0, 0.05) is 37.6 Å². The molecule has 0 aliphatic carbocycles. The third-order valence-electron chi connectivity index (χ3n) is 3.12. The molecule has 0 bridgehead atoms. The topological polar surface area (TPSA) is 50.4 Å². The van der Waals surface area contributed by atoms with Crippen molar-refractivity contribution in [3.63, 3.8) is 0 Å². The summed E-state index contributed by atoms with van der Waals surface area (Å²) >= 11 is 0. The molecular formula is C17H28N2O2. The Morgan fingerprint density at radius 2 is 1.71 bits per heavy atom. The first-order valence-electron chi connectivity index (χ1n) is 7.97. The molecule has 21 heavy (non-hydrogen) atoms. The maximum Gasteiger partial charge on any atom is 0.251 e. The van der Waals surface area contributed by atoms with Gasteiger partial charge in [-0.15, -0.1) is 0 Å². The number of anilines is 1. The van der Waals surface area contributed by atoms with Crippen LogP contribution in [0.4, 0.5) is 5.69 Å². The molecule has 0 aliphatic rings. The lowest BCUT2D eigenvalue weighted by Gasteiger charge is -2.08. The Balaban J connectivity index is 2.19. The molecule has 0 unspecified atom stereocenters. The zero-order chi connectivity index (χ0) is 15.3. The van der Waals surface area contributed by atoms with E-state index in [2.05, 4.69) is 24.5 Å². The van der Waals surface area contributed by atoms with Gasteiger partial charge >= 0.3 is 0 Å². The highest BCUT2D eigenvalue weighted by Gasteiger charge is 2.04. The summed E-state index contributed by atoms with van der Waals surface area (Å²) in [7, 11) is 0. The van der Waals surface area contributed by atoms with Crippen molar-refractivity contribution in [1.82, 2.24) is 5.32 Å². The van der Waals surface area contributed by atoms with Crippen LogP contribution in [0, 0.1) is 0 Å². The van der Waals surface area contributed by atoms with Gasteiger partial charge in [-0.2, -0.15) is 0 Å². The molecule has 0 aliphatic heterocycles. The number of hydrogen-bond acceptors (Lipinski definition) is 3. The van der Waals surface area contributed by atoms with E-state index in [-0.39, 0.29) is 5.91 Å². The van der Waals surface area contributed by atoms with Crippen molar-refractivity contribution in [3.8, 4) is 0 Å². The Bertz CT molecular complexity index is 390. The van der Waals surface area contributed by atoms with Crippen molar-refractivity contribution < 1.29 is 9.53 Å². The van der Waals surface area contributed by atoms with Gasteiger partial charge in [0.1, 0.15) is 0 Å². The van der Waals surface area contributed by atoms with Gasteiger partial charge in [0.15, 0.2) is 0 Å². The molecule has 1 aromatic carbocycles. The molecule has 0 fully saturated rings. The van der Waals surface area contributed by atoms with Gasteiger partial charge < -0.3 is 15.4 Å². The monoisotopic (exact) mass is 292 g/mol. The molecule has 4 heteroatoms. The fraction of sp³-hybridized carbons (Fsp3) is 0.588. The van der Waals surface area contributed by atoms with Crippen LogP contribution in [0.3, 0.4) is 0 Å². The second-order valence-electron chi connectivity index (χ2n) is 5.08. The summed E-state index contributed by atoms with van der Waals surface area (Å²) in [5, 5.41) is 6.20. The van der Waals surface area contributed by atoms with Crippen LogP contribution >= 0.6 is 0 Å². The van der Waals surface area contributed by atoms with Crippen molar-refractivity contribution in [2.24, 2.45) is 0 Å². The summed E-state index contributed by atoms with van der Waals surface area (Å²) in [5.74, 6) is -0.0226. The largest absolute Gasteiger partial charge is 0.385 e. The Kier molecular flexibility index (Phi) is 9.29. The third kappa shape index (κ3) is 7.71. The maximum absolute atomic E-state index is 11.9. The summed E-state index contributed by atoms with van der Waals surface area (Å²) in [5.41, 5.74) is 1.75. The summed E-state index contributed by atoms with van der Waals surface area (Å²) < 4.78 is 5.46. The van der Waals surface area contributed by atoms with Gasteiger partial charge in [-0.05, 0) is 43.5 Å². The molecule has 2 N–H and O–H groups in total. The first kappa shape index (κ1) is 17.5. The van der Waals surface area contributed by atoms with Crippen molar-refractivity contribution in [1.29, 1.82) is 0 Å². The zero-order valence-electron chi connectivity index (χ0n) is 13.3. The summed E-state index contributed by atoms with van der Waals surface area (Å²) in [6, 6.07) is 7.59. The fourth-order valence-electron chi connectivity index (χ4n) is 1.84. The third-order valence-corrected chi connectivity index (χ3v) is 3.12. The molecule has 0 saturated carbocycles. The lowest BCUT2D eigenvalue weighted by molar-refractivity contribution is 0.0940. The number of hydrogen-bond donors (Lipinski definition) is 2. The second-order valence-corrected chi connectivity index (χ2v) is 5.08. The van der Waals surface area contributed by atoms with E-state index in [0.29, 0.717) is 18.7 Å². The molecule has 0 saturated heterocycles. The molecule has 0 radical (unpaired) electrons. The molecule has 1 rings (SSSR count). The summed E-state index contributed by atoms with van der Waals surface area (Å²) in [4.78, 5) is 11.9. The Morgan fingerprint density at radius 1 is 1.00 bits per heavy atom. The normalized spacial score (nSPS) is 10.4. The molecule has 0 atom stereocenters. The smallest absolute Gasteiger partial charge is 0.251 e. The first-order valence-corrected chi connectivity index (χ1v) is 7.97. The van der Waals surface area contributed by atoms with Crippen molar-refractivity contribution >= 4 is 11.6 Å². The van der Waals surface area contributed by atoms with E-state index in [0.717, 1.165) is 44.5 Å². The predicted molar refractivity (Wildman–Crippen MR) is 87.9 cm³/mol. The summed E-state index contributed by atoms with van der Waals surface area (Å²) in [6.07, 6.45) is 4.19. The molecular weight excluding hydrogens is 264 g/mol. The summed E-state index contributed by atoms with van der Waals surface area (Å²) in [6.45, 7) is 7.40. The first-order chi connectivity index (χ1) is 10.3. The van der Waals surface area contributed by atoms with Crippen LogP contribution in [0.15, 0.2) is 24.3 Å². The van der Waals surface area contributed by atoms with Gasteiger partial charge in [0.05, 0.1) is 0 Å². The zero-order valence-corrected chi connectivity index (χ0v) is 13.3. The molecule has 0 aromatic heterocycles. The standard InChI is InChI=1S/C17H28N2O2/c1-3-5-13-21-14-6-12-19-17(20)15-7-9-16(10-8-15)18-11-4-2/h7-10,18H,3-6,11-14H2,1-2H3,(H,19,20). The minimum atomic E-state index is -0.0226. The van der Waals surface area contributed by atoms with Crippen molar-refractivity contribution in [2.45, 2.75) is 39.5 Å². The lowest BCUT2D eigenvalue weighted by Crippen LogP contribution is -2.25. The number of benzene rings is 1. The van der Waals surface area contributed by atoms with Crippen molar-refractivity contribution in [3.05, 3.63) is 29.8 Å². The number of rotatable bonds is 11. The number of carbonyl (C=O) groups is 1. The number of nitrogens with one attached hydrogen (secondary N) is 2. The number of ether oxygens (including phenoxy) is 1. The van der Waals surface area contributed by atoms with Gasteiger partial charge in [-0.25, -0.2) is 0 Å². The fourth-order valence-corrected chi connectivity index (χ4v) is 1.84. The van der Waals surface area contributed by atoms with Gasteiger partial charge in [0.2, 0.25) is 0 Å². The van der Waals surface area contributed by atoms with E-state index < -0.39 is 0 Å². The molecule has 118 valence electrons. The van der Waals surface area contributed by atoms with Gasteiger partial charge in [0.25, 0.3) is 5.91 Å². The second kappa shape index (κ2) is 11.1. The Hall–Kier alpha value is -1.55. The van der Waals surface area contributed by atoms with E-state index in [1.54, 1.807) is 0 Å².